The van der Waals surface area contributed by atoms with Gasteiger partial charge in [0.25, 0.3) is 5.69 Å². The highest BCUT2D eigenvalue weighted by molar-refractivity contribution is 5.93. The van der Waals surface area contributed by atoms with Crippen molar-refractivity contribution in [1.29, 1.82) is 5.26 Å². The van der Waals surface area contributed by atoms with Crippen molar-refractivity contribution >= 4 is 17.3 Å². The van der Waals surface area contributed by atoms with Crippen molar-refractivity contribution in [1.82, 2.24) is 0 Å². The van der Waals surface area contributed by atoms with E-state index >= 15 is 0 Å². The van der Waals surface area contributed by atoms with Crippen LogP contribution in [-0.4, -0.2) is 30.6 Å². The van der Waals surface area contributed by atoms with E-state index in [9.17, 15) is 14.9 Å². The number of nitro groups is 1. The molecule has 1 amide bonds. The van der Waals surface area contributed by atoms with Crippen LogP contribution in [-0.2, 0) is 9.53 Å². The molecule has 0 bridgehead atoms. The minimum Gasteiger partial charge on any atom is -0.380 e. The van der Waals surface area contributed by atoms with Gasteiger partial charge in [-0.05, 0) is 12.1 Å². The molecule has 0 saturated carbocycles. The Balaban J connectivity index is 2.89. The molecule has 0 spiro atoms. The smallest absolute Gasteiger partial charge is 0.294 e. The van der Waals surface area contributed by atoms with Gasteiger partial charge in [-0.2, -0.15) is 5.26 Å². The Morgan fingerprint density at radius 3 is 2.85 bits per heavy atom. The van der Waals surface area contributed by atoms with Crippen molar-refractivity contribution in [2.45, 2.75) is 12.5 Å². The molecular weight excluding hydrogens is 264 g/mol. The SMILES string of the molecule is COC(CN)CC(=O)Nc1ccc(C#N)cc1[N+](=O)[O-]. The zero-order valence-corrected chi connectivity index (χ0v) is 10.8. The van der Waals surface area contributed by atoms with E-state index in [0.29, 0.717) is 0 Å². The number of carbonyl (C=O) groups is 1. The Kier molecular flexibility index (Phi) is 5.58. The number of nitriles is 1. The van der Waals surface area contributed by atoms with Crippen molar-refractivity contribution in [3.63, 3.8) is 0 Å². The molecule has 0 fully saturated rings. The molecule has 1 aromatic carbocycles. The molecule has 106 valence electrons. The molecule has 8 heteroatoms. The van der Waals surface area contributed by atoms with Crippen LogP contribution in [0.1, 0.15) is 12.0 Å². The van der Waals surface area contributed by atoms with Crippen molar-refractivity contribution in [2.24, 2.45) is 5.73 Å². The Bertz CT molecular complexity index is 549. The normalized spacial score (nSPS) is 11.4. The molecule has 0 radical (unpaired) electrons. The van der Waals surface area contributed by atoms with Crippen LogP contribution in [0.4, 0.5) is 11.4 Å². The third-order valence-electron chi connectivity index (χ3n) is 2.61. The highest BCUT2D eigenvalue weighted by Gasteiger charge is 2.18. The summed E-state index contributed by atoms with van der Waals surface area (Å²) in [6.07, 6.45) is -0.461. The number of rotatable bonds is 6. The summed E-state index contributed by atoms with van der Waals surface area (Å²) >= 11 is 0. The largest absolute Gasteiger partial charge is 0.380 e. The Morgan fingerprint density at radius 2 is 2.35 bits per heavy atom. The summed E-state index contributed by atoms with van der Waals surface area (Å²) in [5, 5.41) is 22.0. The molecule has 0 heterocycles. The lowest BCUT2D eigenvalue weighted by atomic mass is 10.1. The number of nitro benzene ring substituents is 1. The molecule has 0 aliphatic rings. The van der Waals surface area contributed by atoms with Crippen LogP contribution >= 0.6 is 0 Å². The first-order valence-electron chi connectivity index (χ1n) is 5.73. The summed E-state index contributed by atoms with van der Waals surface area (Å²) in [7, 11) is 1.43. The zero-order chi connectivity index (χ0) is 15.1. The lowest BCUT2D eigenvalue weighted by Crippen LogP contribution is -2.28. The number of benzene rings is 1. The third-order valence-corrected chi connectivity index (χ3v) is 2.61. The van der Waals surface area contributed by atoms with E-state index in [1.807, 2.05) is 0 Å². The highest BCUT2D eigenvalue weighted by atomic mass is 16.6. The molecule has 0 saturated heterocycles. The van der Waals surface area contributed by atoms with Crippen LogP contribution in [0.3, 0.4) is 0 Å². The average molecular weight is 278 g/mol. The second-order valence-corrected chi connectivity index (χ2v) is 3.95. The van der Waals surface area contributed by atoms with E-state index in [1.54, 1.807) is 6.07 Å². The van der Waals surface area contributed by atoms with Gasteiger partial charge in [0.05, 0.1) is 29.1 Å². The fourth-order valence-corrected chi connectivity index (χ4v) is 1.53. The standard InChI is InChI=1S/C12H14N4O4/c1-20-9(7-14)5-12(17)15-10-3-2-8(6-13)4-11(10)16(18)19/h2-4,9H,5,7,14H2,1H3,(H,15,17). The second-order valence-electron chi connectivity index (χ2n) is 3.95. The quantitative estimate of drug-likeness (QED) is 0.583. The number of nitrogens with zero attached hydrogens (tertiary/aromatic N) is 2. The molecule has 0 aromatic heterocycles. The van der Waals surface area contributed by atoms with Crippen molar-refractivity contribution in [2.75, 3.05) is 19.0 Å². The molecule has 8 nitrogen and oxygen atoms in total. The molecule has 20 heavy (non-hydrogen) atoms. The van der Waals surface area contributed by atoms with Gasteiger partial charge in [-0.25, -0.2) is 0 Å². The fourth-order valence-electron chi connectivity index (χ4n) is 1.53. The maximum Gasteiger partial charge on any atom is 0.294 e. The van der Waals surface area contributed by atoms with Gasteiger partial charge in [0.15, 0.2) is 0 Å². The summed E-state index contributed by atoms with van der Waals surface area (Å²) in [5.41, 5.74) is 5.24. The van der Waals surface area contributed by atoms with Gasteiger partial charge in [0.1, 0.15) is 5.69 Å². The summed E-state index contributed by atoms with van der Waals surface area (Å²) < 4.78 is 4.96. The lowest BCUT2D eigenvalue weighted by molar-refractivity contribution is -0.383. The third kappa shape index (κ3) is 4.01. The number of methoxy groups -OCH3 is 1. The molecule has 3 N–H and O–H groups in total. The predicted octanol–water partition coefficient (Wildman–Crippen LogP) is 0.769. The number of amides is 1. The van der Waals surface area contributed by atoms with Crippen LogP contribution in [0.15, 0.2) is 18.2 Å². The zero-order valence-electron chi connectivity index (χ0n) is 10.8. The average Bonchev–Trinajstić information content (AvgIpc) is 2.44. The van der Waals surface area contributed by atoms with E-state index in [1.165, 1.54) is 19.2 Å². The minimum absolute atomic E-state index is 0.00977. The summed E-state index contributed by atoms with van der Waals surface area (Å²) in [5.74, 6) is -0.449. The van der Waals surface area contributed by atoms with Crippen LogP contribution in [0, 0.1) is 21.4 Å². The van der Waals surface area contributed by atoms with Crippen LogP contribution in [0.2, 0.25) is 0 Å². The van der Waals surface area contributed by atoms with E-state index in [-0.39, 0.29) is 29.9 Å². The molecule has 0 aliphatic carbocycles. The highest BCUT2D eigenvalue weighted by Crippen LogP contribution is 2.25. The van der Waals surface area contributed by atoms with Gasteiger partial charge in [0.2, 0.25) is 5.91 Å². The molecule has 1 aromatic rings. The van der Waals surface area contributed by atoms with E-state index in [0.717, 1.165) is 6.07 Å². The van der Waals surface area contributed by atoms with Gasteiger partial charge in [-0.1, -0.05) is 0 Å². The van der Waals surface area contributed by atoms with Crippen molar-refractivity contribution in [3.8, 4) is 6.07 Å². The monoisotopic (exact) mass is 278 g/mol. The molecule has 1 rings (SSSR count). The van der Waals surface area contributed by atoms with E-state index in [2.05, 4.69) is 5.32 Å². The Hall–Kier alpha value is -2.50. The molecule has 0 aliphatic heterocycles. The van der Waals surface area contributed by atoms with Gasteiger partial charge in [-0.15, -0.1) is 0 Å². The lowest BCUT2D eigenvalue weighted by Gasteiger charge is -2.12. The van der Waals surface area contributed by atoms with Crippen molar-refractivity contribution in [3.05, 3.63) is 33.9 Å². The predicted molar refractivity (Wildman–Crippen MR) is 70.9 cm³/mol. The number of hydrogen-bond donors (Lipinski definition) is 2. The molecule has 1 atom stereocenters. The number of hydrogen-bond acceptors (Lipinski definition) is 6. The van der Waals surface area contributed by atoms with Crippen molar-refractivity contribution < 1.29 is 14.5 Å². The topological polar surface area (TPSA) is 131 Å². The number of ether oxygens (including phenoxy) is 1. The molecule has 1 unspecified atom stereocenters. The Labute approximate surface area is 115 Å². The first-order valence-corrected chi connectivity index (χ1v) is 5.73. The van der Waals surface area contributed by atoms with Gasteiger partial charge >= 0.3 is 0 Å². The van der Waals surface area contributed by atoms with Crippen LogP contribution in [0.25, 0.3) is 0 Å². The first kappa shape index (κ1) is 15.6. The Morgan fingerprint density at radius 1 is 1.65 bits per heavy atom. The number of anilines is 1. The fraction of sp³-hybridized carbons (Fsp3) is 0.333. The summed E-state index contributed by atoms with van der Waals surface area (Å²) in [6, 6.07) is 5.61. The maximum absolute atomic E-state index is 11.7. The summed E-state index contributed by atoms with van der Waals surface area (Å²) in [4.78, 5) is 22.0. The number of nitrogens with one attached hydrogen (secondary N) is 1. The summed E-state index contributed by atoms with van der Waals surface area (Å²) in [6.45, 7) is 0.166. The van der Waals surface area contributed by atoms with E-state index in [4.69, 9.17) is 15.7 Å². The van der Waals surface area contributed by atoms with Crippen LogP contribution in [0.5, 0.6) is 0 Å². The number of nitrogens with two attached hydrogens (primary N) is 1. The van der Waals surface area contributed by atoms with Gasteiger partial charge < -0.3 is 15.8 Å². The molecular formula is C12H14N4O4. The number of carbonyl (C=O) groups excluding carboxylic acids is 1. The minimum atomic E-state index is -0.660. The van der Waals surface area contributed by atoms with Gasteiger partial charge in [-0.3, -0.25) is 14.9 Å². The van der Waals surface area contributed by atoms with E-state index < -0.39 is 16.9 Å². The second kappa shape index (κ2) is 7.18. The van der Waals surface area contributed by atoms with Gasteiger partial charge in [0, 0.05) is 19.7 Å². The van der Waals surface area contributed by atoms with Crippen LogP contribution < -0.4 is 11.1 Å². The first-order chi connectivity index (χ1) is 9.51. The maximum atomic E-state index is 11.7.